The predicted molar refractivity (Wildman–Crippen MR) is 72.8 cm³/mol. The molecule has 1 aromatic heterocycles. The second-order valence-corrected chi connectivity index (χ2v) is 4.94. The fourth-order valence-electron chi connectivity index (χ4n) is 2.51. The molecular weight excluding hydrogens is 242 g/mol. The van der Waals surface area contributed by atoms with Gasteiger partial charge < -0.3 is 10.5 Å². The Kier molecular flexibility index (Phi) is 4.71. The van der Waals surface area contributed by atoms with E-state index in [9.17, 15) is 4.79 Å². The molecule has 0 aliphatic heterocycles. The van der Waals surface area contributed by atoms with Crippen LogP contribution in [0.3, 0.4) is 0 Å². The maximum absolute atomic E-state index is 11.6. The van der Waals surface area contributed by atoms with E-state index in [1.165, 1.54) is 31.9 Å². The lowest BCUT2D eigenvalue weighted by molar-refractivity contribution is 0.0526. The zero-order valence-corrected chi connectivity index (χ0v) is 11.4. The minimum absolute atomic E-state index is 0.229. The van der Waals surface area contributed by atoms with Crippen molar-refractivity contribution in [3.8, 4) is 0 Å². The van der Waals surface area contributed by atoms with Gasteiger partial charge in [-0.1, -0.05) is 25.7 Å². The van der Waals surface area contributed by atoms with Crippen molar-refractivity contribution in [1.82, 2.24) is 9.97 Å². The van der Waals surface area contributed by atoms with Crippen LogP contribution in [0.25, 0.3) is 0 Å². The van der Waals surface area contributed by atoms with Gasteiger partial charge in [0.1, 0.15) is 17.2 Å². The monoisotopic (exact) mass is 263 g/mol. The quantitative estimate of drug-likeness (QED) is 0.670. The molecule has 1 aliphatic carbocycles. The zero-order valence-electron chi connectivity index (χ0n) is 11.4. The van der Waals surface area contributed by atoms with E-state index in [0.29, 0.717) is 12.5 Å². The molecule has 1 aromatic rings. The highest BCUT2D eigenvalue weighted by Crippen LogP contribution is 2.30. The standard InChI is InChI=1S/C14H21N3O2/c1-2-19-14(18)11-9-16-13(17-12(11)15)10-7-5-3-4-6-8-10/h9-10H,2-8H2,1H3,(H2,15,16,17). The highest BCUT2D eigenvalue weighted by molar-refractivity contribution is 5.93. The minimum Gasteiger partial charge on any atom is -0.462 e. The molecule has 1 heterocycles. The van der Waals surface area contributed by atoms with Crippen LogP contribution in [0.1, 0.15) is 67.5 Å². The van der Waals surface area contributed by atoms with Crippen molar-refractivity contribution in [1.29, 1.82) is 0 Å². The summed E-state index contributed by atoms with van der Waals surface area (Å²) in [5.41, 5.74) is 6.11. The van der Waals surface area contributed by atoms with Crippen molar-refractivity contribution in [2.24, 2.45) is 0 Å². The topological polar surface area (TPSA) is 78.1 Å². The number of carbonyl (C=O) groups is 1. The highest BCUT2D eigenvalue weighted by Gasteiger charge is 2.20. The summed E-state index contributed by atoms with van der Waals surface area (Å²) >= 11 is 0. The van der Waals surface area contributed by atoms with Crippen molar-refractivity contribution in [2.75, 3.05) is 12.3 Å². The summed E-state index contributed by atoms with van der Waals surface area (Å²) in [5, 5.41) is 0. The molecule has 0 spiro atoms. The van der Waals surface area contributed by atoms with Crippen LogP contribution in [-0.4, -0.2) is 22.5 Å². The Bertz CT molecular complexity index is 440. The summed E-state index contributed by atoms with van der Waals surface area (Å²) in [6, 6.07) is 0. The number of ether oxygens (including phenoxy) is 1. The molecule has 0 amide bonds. The fourth-order valence-corrected chi connectivity index (χ4v) is 2.51. The Balaban J connectivity index is 2.15. The summed E-state index contributed by atoms with van der Waals surface area (Å²) in [6.45, 7) is 2.08. The smallest absolute Gasteiger partial charge is 0.343 e. The lowest BCUT2D eigenvalue weighted by Gasteiger charge is -2.13. The van der Waals surface area contributed by atoms with Gasteiger partial charge in [-0.25, -0.2) is 14.8 Å². The lowest BCUT2D eigenvalue weighted by Crippen LogP contribution is -2.13. The predicted octanol–water partition coefficient (Wildman–Crippen LogP) is 2.67. The van der Waals surface area contributed by atoms with Crippen LogP contribution >= 0.6 is 0 Å². The van der Waals surface area contributed by atoms with Crippen LogP contribution in [0.4, 0.5) is 5.82 Å². The zero-order chi connectivity index (χ0) is 13.7. The van der Waals surface area contributed by atoms with Crippen molar-refractivity contribution in [2.45, 2.75) is 51.4 Å². The van der Waals surface area contributed by atoms with Crippen LogP contribution in [-0.2, 0) is 4.74 Å². The van der Waals surface area contributed by atoms with Gasteiger partial charge in [0.2, 0.25) is 0 Å². The molecule has 0 unspecified atom stereocenters. The number of nitrogens with two attached hydrogens (primary N) is 1. The maximum atomic E-state index is 11.6. The van der Waals surface area contributed by atoms with Crippen LogP contribution < -0.4 is 5.73 Å². The number of carbonyl (C=O) groups excluding carboxylic acids is 1. The van der Waals surface area contributed by atoms with Gasteiger partial charge in [-0.05, 0) is 19.8 Å². The van der Waals surface area contributed by atoms with E-state index in [1.54, 1.807) is 6.92 Å². The first-order chi connectivity index (χ1) is 9.22. The van der Waals surface area contributed by atoms with E-state index in [0.717, 1.165) is 18.7 Å². The largest absolute Gasteiger partial charge is 0.462 e. The molecule has 5 nitrogen and oxygen atoms in total. The number of nitrogen functional groups attached to an aromatic ring is 1. The normalized spacial score (nSPS) is 16.9. The van der Waals surface area contributed by atoms with Gasteiger partial charge in [-0.15, -0.1) is 0 Å². The Morgan fingerprint density at radius 3 is 2.63 bits per heavy atom. The van der Waals surface area contributed by atoms with E-state index in [2.05, 4.69) is 9.97 Å². The van der Waals surface area contributed by atoms with Gasteiger partial charge >= 0.3 is 5.97 Å². The van der Waals surface area contributed by atoms with E-state index in [4.69, 9.17) is 10.5 Å². The summed E-state index contributed by atoms with van der Waals surface area (Å²) in [5.74, 6) is 0.925. The van der Waals surface area contributed by atoms with Crippen molar-refractivity contribution < 1.29 is 9.53 Å². The second-order valence-electron chi connectivity index (χ2n) is 4.94. The van der Waals surface area contributed by atoms with E-state index in [1.807, 2.05) is 0 Å². The molecule has 5 heteroatoms. The van der Waals surface area contributed by atoms with E-state index >= 15 is 0 Å². The molecule has 1 fully saturated rings. The number of rotatable bonds is 3. The van der Waals surface area contributed by atoms with Crippen molar-refractivity contribution in [3.63, 3.8) is 0 Å². The van der Waals surface area contributed by atoms with Gasteiger partial charge in [0.05, 0.1) is 6.61 Å². The van der Waals surface area contributed by atoms with Crippen molar-refractivity contribution >= 4 is 11.8 Å². The Labute approximate surface area is 113 Å². The number of hydrogen-bond acceptors (Lipinski definition) is 5. The van der Waals surface area contributed by atoms with Crippen molar-refractivity contribution in [3.05, 3.63) is 17.6 Å². The van der Waals surface area contributed by atoms with Crippen LogP contribution in [0.5, 0.6) is 0 Å². The summed E-state index contributed by atoms with van der Waals surface area (Å²) in [4.78, 5) is 20.2. The molecule has 19 heavy (non-hydrogen) atoms. The SMILES string of the molecule is CCOC(=O)c1cnc(C2CCCCCC2)nc1N. The highest BCUT2D eigenvalue weighted by atomic mass is 16.5. The van der Waals surface area contributed by atoms with Gasteiger partial charge in [0.25, 0.3) is 0 Å². The van der Waals surface area contributed by atoms with Gasteiger partial charge in [0.15, 0.2) is 0 Å². The second kappa shape index (κ2) is 6.50. The van der Waals surface area contributed by atoms with Crippen LogP contribution in [0, 0.1) is 0 Å². The lowest BCUT2D eigenvalue weighted by atomic mass is 9.99. The molecule has 104 valence electrons. The average molecular weight is 263 g/mol. The number of aromatic nitrogens is 2. The van der Waals surface area contributed by atoms with Gasteiger partial charge in [-0.3, -0.25) is 0 Å². The third-order valence-corrected chi connectivity index (χ3v) is 3.55. The molecule has 0 bridgehead atoms. The number of esters is 1. The summed E-state index contributed by atoms with van der Waals surface area (Å²) in [6.07, 6.45) is 8.72. The molecule has 0 saturated heterocycles. The molecule has 1 aliphatic rings. The van der Waals surface area contributed by atoms with Crippen LogP contribution in [0.2, 0.25) is 0 Å². The molecule has 2 N–H and O–H groups in total. The average Bonchev–Trinajstić information content (AvgIpc) is 2.67. The molecule has 2 rings (SSSR count). The summed E-state index contributed by atoms with van der Waals surface area (Å²) in [7, 11) is 0. The fraction of sp³-hybridized carbons (Fsp3) is 0.643. The summed E-state index contributed by atoms with van der Waals surface area (Å²) < 4.78 is 4.92. The first-order valence-corrected chi connectivity index (χ1v) is 7.02. The third kappa shape index (κ3) is 3.43. The Morgan fingerprint density at radius 2 is 2.05 bits per heavy atom. The Hall–Kier alpha value is -1.65. The maximum Gasteiger partial charge on any atom is 0.343 e. The first kappa shape index (κ1) is 13.8. The number of hydrogen-bond donors (Lipinski definition) is 1. The van der Waals surface area contributed by atoms with E-state index in [-0.39, 0.29) is 11.4 Å². The van der Waals surface area contributed by atoms with E-state index < -0.39 is 5.97 Å². The third-order valence-electron chi connectivity index (χ3n) is 3.55. The Morgan fingerprint density at radius 1 is 1.37 bits per heavy atom. The molecule has 0 aromatic carbocycles. The molecule has 0 radical (unpaired) electrons. The van der Waals surface area contributed by atoms with Crippen LogP contribution in [0.15, 0.2) is 6.20 Å². The number of nitrogens with zero attached hydrogens (tertiary/aromatic N) is 2. The van der Waals surface area contributed by atoms with Gasteiger partial charge in [0, 0.05) is 12.1 Å². The molecule has 1 saturated carbocycles. The van der Waals surface area contributed by atoms with Gasteiger partial charge in [-0.2, -0.15) is 0 Å². The first-order valence-electron chi connectivity index (χ1n) is 7.02. The number of anilines is 1. The minimum atomic E-state index is -0.451. The molecule has 0 atom stereocenters. The molecular formula is C14H21N3O2.